The summed E-state index contributed by atoms with van der Waals surface area (Å²) in [5.74, 6) is -1.68. The third-order valence-electron chi connectivity index (χ3n) is 6.02. The molecule has 8 heteroatoms. The number of hydrogen-bond donors (Lipinski definition) is 3. The lowest BCUT2D eigenvalue weighted by Crippen LogP contribution is -2.56. The SMILES string of the molecule is CN(C)C[C@H](NC(=O)OCC1c2ccccc2-c2ccccc21)C(=O)NC1(C(=O)O)CC1. The van der Waals surface area contributed by atoms with Gasteiger partial charge in [-0.15, -0.1) is 0 Å². The summed E-state index contributed by atoms with van der Waals surface area (Å²) in [5.41, 5.74) is 3.24. The summed E-state index contributed by atoms with van der Waals surface area (Å²) in [7, 11) is 3.54. The number of carbonyl (C=O) groups is 3. The zero-order valence-electron chi connectivity index (χ0n) is 18.1. The first-order valence-electron chi connectivity index (χ1n) is 10.6. The van der Waals surface area contributed by atoms with Gasteiger partial charge in [0.1, 0.15) is 18.2 Å². The average Bonchev–Trinajstić information content (AvgIpc) is 3.48. The second-order valence-corrected chi connectivity index (χ2v) is 8.66. The third-order valence-corrected chi connectivity index (χ3v) is 6.02. The van der Waals surface area contributed by atoms with E-state index in [4.69, 9.17) is 4.74 Å². The maximum absolute atomic E-state index is 12.7. The Balaban J connectivity index is 1.42. The van der Waals surface area contributed by atoms with Gasteiger partial charge in [-0.05, 0) is 49.2 Å². The molecule has 2 aromatic carbocycles. The summed E-state index contributed by atoms with van der Waals surface area (Å²) >= 11 is 0. The minimum Gasteiger partial charge on any atom is -0.480 e. The highest BCUT2D eigenvalue weighted by atomic mass is 16.5. The molecule has 1 fully saturated rings. The van der Waals surface area contributed by atoms with Crippen LogP contribution in [0.1, 0.15) is 29.9 Å². The molecule has 1 atom stereocenters. The number of likely N-dealkylation sites (N-methyl/N-ethyl adjacent to an activating group) is 1. The minimum absolute atomic E-state index is 0.0870. The molecule has 0 radical (unpaired) electrons. The highest BCUT2D eigenvalue weighted by molar-refractivity contribution is 5.93. The molecule has 3 N–H and O–H groups in total. The zero-order chi connectivity index (χ0) is 22.9. The molecule has 8 nitrogen and oxygen atoms in total. The predicted octanol–water partition coefficient (Wildman–Crippen LogP) is 2.19. The van der Waals surface area contributed by atoms with Crippen LogP contribution in [0, 0.1) is 0 Å². The van der Waals surface area contributed by atoms with Crippen LogP contribution in [0.5, 0.6) is 0 Å². The summed E-state index contributed by atoms with van der Waals surface area (Å²) in [6, 6.07) is 15.1. The number of ether oxygens (including phenoxy) is 1. The summed E-state index contributed by atoms with van der Waals surface area (Å²) in [6.45, 7) is 0.348. The van der Waals surface area contributed by atoms with Crippen molar-refractivity contribution in [1.82, 2.24) is 15.5 Å². The first kappa shape index (κ1) is 21.8. The second-order valence-electron chi connectivity index (χ2n) is 8.66. The molecular formula is C24H27N3O5. The molecule has 2 amide bonds. The Kier molecular flexibility index (Phi) is 5.88. The summed E-state index contributed by atoms with van der Waals surface area (Å²) in [5, 5.41) is 14.5. The fourth-order valence-electron chi connectivity index (χ4n) is 4.18. The quantitative estimate of drug-likeness (QED) is 0.584. The van der Waals surface area contributed by atoms with Crippen molar-refractivity contribution in [1.29, 1.82) is 0 Å². The maximum Gasteiger partial charge on any atom is 0.407 e. The molecular weight excluding hydrogens is 410 g/mol. The molecule has 168 valence electrons. The number of fused-ring (bicyclic) bond motifs is 3. The number of aliphatic carboxylic acids is 1. The fourth-order valence-corrected chi connectivity index (χ4v) is 4.18. The molecule has 0 spiro atoms. The Labute approximate surface area is 186 Å². The Hall–Kier alpha value is -3.39. The van der Waals surface area contributed by atoms with Gasteiger partial charge < -0.3 is 25.4 Å². The number of rotatable bonds is 8. The van der Waals surface area contributed by atoms with Crippen LogP contribution < -0.4 is 10.6 Å². The maximum atomic E-state index is 12.7. The van der Waals surface area contributed by atoms with Gasteiger partial charge >= 0.3 is 12.1 Å². The van der Waals surface area contributed by atoms with Gasteiger partial charge in [-0.3, -0.25) is 4.79 Å². The van der Waals surface area contributed by atoms with E-state index in [1.165, 1.54) is 0 Å². The number of alkyl carbamates (subject to hydrolysis) is 1. The van der Waals surface area contributed by atoms with Crippen molar-refractivity contribution in [2.75, 3.05) is 27.2 Å². The normalized spacial score (nSPS) is 16.6. The van der Waals surface area contributed by atoms with Crippen LogP contribution in [0.2, 0.25) is 0 Å². The van der Waals surface area contributed by atoms with Crippen molar-refractivity contribution in [3.05, 3.63) is 59.7 Å². The van der Waals surface area contributed by atoms with Crippen molar-refractivity contribution in [2.45, 2.75) is 30.3 Å². The Morgan fingerprint density at radius 3 is 2.12 bits per heavy atom. The predicted molar refractivity (Wildman–Crippen MR) is 118 cm³/mol. The van der Waals surface area contributed by atoms with Gasteiger partial charge in [0.15, 0.2) is 0 Å². The van der Waals surface area contributed by atoms with Crippen LogP contribution in [-0.4, -0.2) is 66.8 Å². The van der Waals surface area contributed by atoms with E-state index < -0.39 is 29.6 Å². The lowest BCUT2D eigenvalue weighted by molar-refractivity contribution is -0.143. The molecule has 4 rings (SSSR count). The Morgan fingerprint density at radius 1 is 1.06 bits per heavy atom. The smallest absolute Gasteiger partial charge is 0.407 e. The number of benzene rings is 2. The molecule has 2 aliphatic rings. The van der Waals surface area contributed by atoms with E-state index in [1.807, 2.05) is 36.4 Å². The van der Waals surface area contributed by atoms with E-state index in [9.17, 15) is 19.5 Å². The monoisotopic (exact) mass is 437 g/mol. The summed E-state index contributed by atoms with van der Waals surface area (Å²) < 4.78 is 5.53. The van der Waals surface area contributed by atoms with Gasteiger partial charge in [0.05, 0.1) is 0 Å². The molecule has 0 bridgehead atoms. The first-order valence-corrected chi connectivity index (χ1v) is 10.6. The van der Waals surface area contributed by atoms with E-state index in [1.54, 1.807) is 19.0 Å². The van der Waals surface area contributed by atoms with Crippen molar-refractivity contribution < 1.29 is 24.2 Å². The van der Waals surface area contributed by atoms with Crippen LogP contribution in [0.25, 0.3) is 11.1 Å². The summed E-state index contributed by atoms with van der Waals surface area (Å²) in [4.78, 5) is 38.4. The lowest BCUT2D eigenvalue weighted by Gasteiger charge is -2.24. The molecule has 0 aromatic heterocycles. The highest BCUT2D eigenvalue weighted by Crippen LogP contribution is 2.44. The first-order chi connectivity index (χ1) is 15.3. The second kappa shape index (κ2) is 8.63. The van der Waals surface area contributed by atoms with E-state index in [2.05, 4.69) is 22.8 Å². The van der Waals surface area contributed by atoms with Gasteiger partial charge in [0.2, 0.25) is 5.91 Å². The number of nitrogens with one attached hydrogen (secondary N) is 2. The average molecular weight is 437 g/mol. The molecule has 0 unspecified atom stereocenters. The number of carbonyl (C=O) groups excluding carboxylic acids is 2. The summed E-state index contributed by atoms with van der Waals surface area (Å²) in [6.07, 6.45) is 0.0514. The van der Waals surface area contributed by atoms with Gasteiger partial charge in [0, 0.05) is 12.5 Å². The van der Waals surface area contributed by atoms with E-state index >= 15 is 0 Å². The topological polar surface area (TPSA) is 108 Å². The van der Waals surface area contributed by atoms with Gasteiger partial charge in [-0.1, -0.05) is 48.5 Å². The molecule has 2 aromatic rings. The minimum atomic E-state index is -1.22. The lowest BCUT2D eigenvalue weighted by atomic mass is 9.98. The third kappa shape index (κ3) is 4.31. The molecule has 0 heterocycles. The molecule has 0 saturated heterocycles. The van der Waals surface area contributed by atoms with Crippen LogP contribution in [0.4, 0.5) is 4.79 Å². The number of amides is 2. The van der Waals surface area contributed by atoms with Crippen molar-refractivity contribution in [3.63, 3.8) is 0 Å². The standard InChI is InChI=1S/C24H27N3O5/c1-27(2)13-20(21(28)26-24(11-12-24)22(29)30)25-23(31)32-14-19-17-9-5-3-7-15(17)16-8-4-6-10-18(16)19/h3-10,19-20H,11-14H2,1-2H3,(H,25,31)(H,26,28)(H,29,30)/t20-/m0/s1. The van der Waals surface area contributed by atoms with Crippen LogP contribution >= 0.6 is 0 Å². The van der Waals surface area contributed by atoms with E-state index in [-0.39, 0.29) is 19.1 Å². The van der Waals surface area contributed by atoms with Crippen molar-refractivity contribution in [3.8, 4) is 11.1 Å². The van der Waals surface area contributed by atoms with Crippen LogP contribution in [0.15, 0.2) is 48.5 Å². The zero-order valence-corrected chi connectivity index (χ0v) is 18.1. The Bertz CT molecular complexity index is 1000. The van der Waals surface area contributed by atoms with Crippen LogP contribution in [-0.2, 0) is 14.3 Å². The van der Waals surface area contributed by atoms with Gasteiger partial charge in [0.25, 0.3) is 0 Å². The van der Waals surface area contributed by atoms with Crippen molar-refractivity contribution in [2.24, 2.45) is 0 Å². The van der Waals surface area contributed by atoms with Crippen molar-refractivity contribution >= 4 is 18.0 Å². The van der Waals surface area contributed by atoms with Crippen LogP contribution in [0.3, 0.4) is 0 Å². The number of nitrogens with zero attached hydrogens (tertiary/aromatic N) is 1. The number of carboxylic acids is 1. The van der Waals surface area contributed by atoms with Gasteiger partial charge in [-0.2, -0.15) is 0 Å². The molecule has 0 aliphatic heterocycles. The Morgan fingerprint density at radius 2 is 1.62 bits per heavy atom. The largest absolute Gasteiger partial charge is 0.480 e. The van der Waals surface area contributed by atoms with E-state index in [0.717, 1.165) is 22.3 Å². The number of carboxylic acid groups (broad SMARTS) is 1. The van der Waals surface area contributed by atoms with Gasteiger partial charge in [-0.25, -0.2) is 9.59 Å². The molecule has 1 saturated carbocycles. The van der Waals surface area contributed by atoms with E-state index in [0.29, 0.717) is 12.8 Å². The fraction of sp³-hybridized carbons (Fsp3) is 0.375. The highest BCUT2D eigenvalue weighted by Gasteiger charge is 2.52. The molecule has 2 aliphatic carbocycles. The molecule has 32 heavy (non-hydrogen) atoms. The number of hydrogen-bond acceptors (Lipinski definition) is 5.